The molecule has 0 bridgehead atoms. The second-order valence-corrected chi connectivity index (χ2v) is 4.09. The number of nitrogens with two attached hydrogens (primary N) is 1. The lowest BCUT2D eigenvalue weighted by atomic mass is 10.1. The van der Waals surface area contributed by atoms with Crippen molar-refractivity contribution in [3.05, 3.63) is 29.8 Å². The predicted molar refractivity (Wildman–Crippen MR) is 67.0 cm³/mol. The number of carbonyl (C=O) groups excluding carboxylic acids is 1. The predicted octanol–water partition coefficient (Wildman–Crippen LogP) is 1.97. The Morgan fingerprint density at radius 1 is 1.38 bits per heavy atom. The second-order valence-electron chi connectivity index (χ2n) is 4.09. The van der Waals surface area contributed by atoms with Gasteiger partial charge in [-0.05, 0) is 30.5 Å². The van der Waals surface area contributed by atoms with E-state index in [1.165, 1.54) is 5.56 Å². The van der Waals surface area contributed by atoms with Crippen LogP contribution in [0.2, 0.25) is 0 Å². The van der Waals surface area contributed by atoms with Crippen LogP contribution in [0.4, 0.5) is 5.69 Å². The number of nitrogens with one attached hydrogen (secondary N) is 1. The third-order valence-corrected chi connectivity index (χ3v) is 2.75. The van der Waals surface area contributed by atoms with Gasteiger partial charge in [0, 0.05) is 18.2 Å². The number of hydrogen-bond donors (Lipinski definition) is 2. The van der Waals surface area contributed by atoms with Crippen molar-refractivity contribution in [1.82, 2.24) is 5.32 Å². The van der Waals surface area contributed by atoms with Crippen LogP contribution in [0.25, 0.3) is 0 Å². The van der Waals surface area contributed by atoms with Crippen molar-refractivity contribution in [3.8, 4) is 0 Å². The van der Waals surface area contributed by atoms with E-state index in [4.69, 9.17) is 5.73 Å². The van der Waals surface area contributed by atoms with Crippen LogP contribution >= 0.6 is 0 Å². The van der Waals surface area contributed by atoms with E-state index in [0.717, 1.165) is 18.5 Å². The Hall–Kier alpha value is -1.51. The number of nitrogen functional groups attached to an aromatic ring is 1. The van der Waals surface area contributed by atoms with Crippen LogP contribution in [0.3, 0.4) is 0 Å². The van der Waals surface area contributed by atoms with Crippen molar-refractivity contribution in [2.24, 2.45) is 5.92 Å². The first kappa shape index (κ1) is 12.6. The number of amides is 1. The summed E-state index contributed by atoms with van der Waals surface area (Å²) >= 11 is 0. The summed E-state index contributed by atoms with van der Waals surface area (Å²) in [7, 11) is 0. The normalized spacial score (nSPS) is 12.1. The van der Waals surface area contributed by atoms with Crippen LogP contribution < -0.4 is 11.1 Å². The van der Waals surface area contributed by atoms with Gasteiger partial charge in [0.2, 0.25) is 5.91 Å². The average Bonchev–Trinajstić information content (AvgIpc) is 2.30. The van der Waals surface area contributed by atoms with Gasteiger partial charge in [-0.1, -0.05) is 26.0 Å². The fourth-order valence-corrected chi connectivity index (χ4v) is 1.37. The number of benzene rings is 1. The molecule has 1 aromatic carbocycles. The number of rotatable bonds is 5. The van der Waals surface area contributed by atoms with Gasteiger partial charge in [0.05, 0.1) is 0 Å². The molecule has 1 atom stereocenters. The highest BCUT2D eigenvalue weighted by molar-refractivity contribution is 5.78. The molecule has 88 valence electrons. The third kappa shape index (κ3) is 3.93. The summed E-state index contributed by atoms with van der Waals surface area (Å²) in [6, 6.07) is 7.74. The average molecular weight is 220 g/mol. The maximum Gasteiger partial charge on any atom is 0.222 e. The van der Waals surface area contributed by atoms with Gasteiger partial charge in [-0.3, -0.25) is 4.79 Å². The molecule has 0 radical (unpaired) electrons. The van der Waals surface area contributed by atoms with Crippen LogP contribution in [0.5, 0.6) is 0 Å². The van der Waals surface area contributed by atoms with Crippen LogP contribution in [-0.2, 0) is 11.2 Å². The standard InChI is InChI=1S/C13H20N2O/c1-3-10(2)13(16)15-9-8-11-4-6-12(14)7-5-11/h4-7,10H,3,8-9,14H2,1-2H3,(H,15,16). The molecule has 0 aromatic heterocycles. The molecular formula is C13H20N2O. The Bertz CT molecular complexity index is 332. The first-order chi connectivity index (χ1) is 7.63. The monoisotopic (exact) mass is 220 g/mol. The van der Waals surface area contributed by atoms with E-state index in [1.54, 1.807) is 0 Å². The summed E-state index contributed by atoms with van der Waals surface area (Å²) in [5.41, 5.74) is 7.56. The summed E-state index contributed by atoms with van der Waals surface area (Å²) < 4.78 is 0. The fourth-order valence-electron chi connectivity index (χ4n) is 1.37. The van der Waals surface area contributed by atoms with Crippen molar-refractivity contribution in [2.75, 3.05) is 12.3 Å². The maximum absolute atomic E-state index is 11.5. The molecule has 1 aromatic rings. The van der Waals surface area contributed by atoms with E-state index in [1.807, 2.05) is 38.1 Å². The van der Waals surface area contributed by atoms with Gasteiger partial charge in [0.25, 0.3) is 0 Å². The first-order valence-corrected chi connectivity index (χ1v) is 5.75. The lowest BCUT2D eigenvalue weighted by Crippen LogP contribution is -2.30. The maximum atomic E-state index is 11.5. The molecule has 0 aliphatic carbocycles. The summed E-state index contributed by atoms with van der Waals surface area (Å²) in [6.45, 7) is 4.65. The van der Waals surface area contributed by atoms with E-state index < -0.39 is 0 Å². The first-order valence-electron chi connectivity index (χ1n) is 5.75. The molecule has 0 saturated carbocycles. The highest BCUT2D eigenvalue weighted by Crippen LogP contribution is 2.06. The Balaban J connectivity index is 2.30. The zero-order chi connectivity index (χ0) is 12.0. The summed E-state index contributed by atoms with van der Waals surface area (Å²) in [6.07, 6.45) is 1.73. The zero-order valence-electron chi connectivity index (χ0n) is 9.99. The molecule has 0 aliphatic rings. The van der Waals surface area contributed by atoms with Crippen molar-refractivity contribution >= 4 is 11.6 Å². The van der Waals surface area contributed by atoms with Gasteiger partial charge in [0.15, 0.2) is 0 Å². The van der Waals surface area contributed by atoms with Gasteiger partial charge < -0.3 is 11.1 Å². The smallest absolute Gasteiger partial charge is 0.222 e. The van der Waals surface area contributed by atoms with Gasteiger partial charge in [0.1, 0.15) is 0 Å². The molecule has 16 heavy (non-hydrogen) atoms. The van der Waals surface area contributed by atoms with Crippen LogP contribution in [0, 0.1) is 5.92 Å². The topological polar surface area (TPSA) is 55.1 Å². The van der Waals surface area contributed by atoms with E-state index in [-0.39, 0.29) is 11.8 Å². The van der Waals surface area contributed by atoms with Gasteiger partial charge in [-0.15, -0.1) is 0 Å². The quantitative estimate of drug-likeness (QED) is 0.745. The molecule has 1 amide bonds. The van der Waals surface area contributed by atoms with Crippen LogP contribution in [-0.4, -0.2) is 12.5 Å². The lowest BCUT2D eigenvalue weighted by molar-refractivity contribution is -0.124. The van der Waals surface area contributed by atoms with Crippen LogP contribution in [0.1, 0.15) is 25.8 Å². The SMILES string of the molecule is CCC(C)C(=O)NCCc1ccc(N)cc1. The highest BCUT2D eigenvalue weighted by Gasteiger charge is 2.08. The molecule has 1 unspecified atom stereocenters. The molecule has 3 N–H and O–H groups in total. The number of hydrogen-bond acceptors (Lipinski definition) is 2. The van der Waals surface area contributed by atoms with E-state index in [9.17, 15) is 4.79 Å². The highest BCUT2D eigenvalue weighted by atomic mass is 16.1. The molecule has 0 heterocycles. The fraction of sp³-hybridized carbons (Fsp3) is 0.462. The van der Waals surface area contributed by atoms with E-state index in [0.29, 0.717) is 6.54 Å². The largest absolute Gasteiger partial charge is 0.399 e. The zero-order valence-corrected chi connectivity index (χ0v) is 9.99. The summed E-state index contributed by atoms with van der Waals surface area (Å²) in [5, 5.41) is 2.93. The summed E-state index contributed by atoms with van der Waals surface area (Å²) in [4.78, 5) is 11.5. The third-order valence-electron chi connectivity index (χ3n) is 2.75. The van der Waals surface area contributed by atoms with Crippen molar-refractivity contribution in [2.45, 2.75) is 26.7 Å². The Morgan fingerprint density at radius 3 is 2.56 bits per heavy atom. The Morgan fingerprint density at radius 2 is 2.00 bits per heavy atom. The molecule has 0 fully saturated rings. The Kier molecular flexibility index (Phi) is 4.83. The molecule has 3 nitrogen and oxygen atoms in total. The minimum atomic E-state index is 0.103. The minimum Gasteiger partial charge on any atom is -0.399 e. The number of anilines is 1. The molecule has 1 rings (SSSR count). The second kappa shape index (κ2) is 6.16. The molecule has 0 saturated heterocycles. The molecule has 3 heteroatoms. The molecular weight excluding hydrogens is 200 g/mol. The van der Waals surface area contributed by atoms with Crippen molar-refractivity contribution in [3.63, 3.8) is 0 Å². The van der Waals surface area contributed by atoms with E-state index in [2.05, 4.69) is 5.32 Å². The van der Waals surface area contributed by atoms with E-state index >= 15 is 0 Å². The van der Waals surface area contributed by atoms with Crippen molar-refractivity contribution < 1.29 is 4.79 Å². The van der Waals surface area contributed by atoms with Gasteiger partial charge in [-0.25, -0.2) is 0 Å². The van der Waals surface area contributed by atoms with Gasteiger partial charge >= 0.3 is 0 Å². The molecule has 0 aliphatic heterocycles. The van der Waals surface area contributed by atoms with Gasteiger partial charge in [-0.2, -0.15) is 0 Å². The number of carbonyl (C=O) groups is 1. The summed E-state index contributed by atoms with van der Waals surface area (Å²) in [5.74, 6) is 0.240. The van der Waals surface area contributed by atoms with Crippen LogP contribution in [0.15, 0.2) is 24.3 Å². The minimum absolute atomic E-state index is 0.103. The van der Waals surface area contributed by atoms with Crippen molar-refractivity contribution in [1.29, 1.82) is 0 Å². The Labute approximate surface area is 97.0 Å². The molecule has 0 spiro atoms. The lowest BCUT2D eigenvalue weighted by Gasteiger charge is -2.09.